The number of piperidine rings is 1. The Kier molecular flexibility index (Phi) is 14.6. The fourth-order valence-corrected chi connectivity index (χ4v) is 2.53. The number of hydrogen-bond donors (Lipinski definition) is 2. The highest BCUT2D eigenvalue weighted by atomic mass is 35.5. The van der Waals surface area contributed by atoms with Crippen molar-refractivity contribution in [3.05, 3.63) is 0 Å². The van der Waals surface area contributed by atoms with E-state index in [1.165, 1.54) is 0 Å². The smallest absolute Gasteiger partial charge is 0.228 e. The minimum absolute atomic E-state index is 0. The maximum atomic E-state index is 12.4. The van der Waals surface area contributed by atoms with Crippen LogP contribution in [0.2, 0.25) is 0 Å². The predicted octanol–water partition coefficient (Wildman–Crippen LogP) is 0.541. The molecular weight excluding hydrogens is 329 g/mol. The van der Waals surface area contributed by atoms with Crippen molar-refractivity contribution in [3.63, 3.8) is 0 Å². The first-order chi connectivity index (χ1) is 9.64. The molecule has 1 saturated heterocycles. The summed E-state index contributed by atoms with van der Waals surface area (Å²) in [5, 5.41) is 6.35. The molecule has 8 heteroatoms. The summed E-state index contributed by atoms with van der Waals surface area (Å²) in [6.45, 7) is 5.34. The van der Waals surface area contributed by atoms with Gasteiger partial charge in [0.05, 0.1) is 18.6 Å². The average molecular weight is 360 g/mol. The van der Waals surface area contributed by atoms with E-state index in [1.807, 2.05) is 7.05 Å². The van der Waals surface area contributed by atoms with Crippen molar-refractivity contribution in [3.8, 4) is 0 Å². The van der Waals surface area contributed by atoms with Gasteiger partial charge in [0.2, 0.25) is 5.91 Å². The standard InChI is InChI=1S/C14H29N3O3.2ClH/c1-17(10-11-19-2)9-8-16-13(18)14(12-20-3)4-6-15-7-5-14;;/h15H,4-12H2,1-3H3,(H,16,18);2*1H. The second-order valence-electron chi connectivity index (χ2n) is 5.52. The number of hydrogen-bond acceptors (Lipinski definition) is 5. The highest BCUT2D eigenvalue weighted by molar-refractivity contribution is 5.85. The lowest BCUT2D eigenvalue weighted by molar-refractivity contribution is -0.136. The summed E-state index contributed by atoms with van der Waals surface area (Å²) >= 11 is 0. The summed E-state index contributed by atoms with van der Waals surface area (Å²) in [5.41, 5.74) is -0.356. The quantitative estimate of drug-likeness (QED) is 0.629. The van der Waals surface area contributed by atoms with Crippen LogP contribution in [-0.4, -0.2) is 78.0 Å². The van der Waals surface area contributed by atoms with Crippen molar-refractivity contribution in [2.45, 2.75) is 12.8 Å². The molecule has 0 aromatic heterocycles. The van der Waals surface area contributed by atoms with E-state index in [9.17, 15) is 4.79 Å². The van der Waals surface area contributed by atoms with Crippen molar-refractivity contribution in [1.29, 1.82) is 0 Å². The molecule has 0 aromatic carbocycles. The van der Waals surface area contributed by atoms with Crippen LogP contribution >= 0.6 is 24.8 Å². The van der Waals surface area contributed by atoms with Crippen LogP contribution in [0.3, 0.4) is 0 Å². The van der Waals surface area contributed by atoms with Crippen molar-refractivity contribution >= 4 is 30.7 Å². The van der Waals surface area contributed by atoms with E-state index in [0.717, 1.165) is 39.0 Å². The molecule has 0 saturated carbocycles. The van der Waals surface area contributed by atoms with E-state index in [1.54, 1.807) is 14.2 Å². The largest absolute Gasteiger partial charge is 0.384 e. The van der Waals surface area contributed by atoms with E-state index in [2.05, 4.69) is 15.5 Å². The van der Waals surface area contributed by atoms with E-state index in [-0.39, 0.29) is 36.1 Å². The summed E-state index contributed by atoms with van der Waals surface area (Å²) in [5.74, 6) is 0.126. The van der Waals surface area contributed by atoms with Crippen LogP contribution in [0, 0.1) is 5.41 Å². The topological polar surface area (TPSA) is 62.8 Å². The monoisotopic (exact) mass is 359 g/mol. The SMILES string of the molecule is COCCN(C)CCNC(=O)C1(COC)CCNCC1.Cl.Cl. The molecule has 1 amide bonds. The Morgan fingerprint density at radius 2 is 1.82 bits per heavy atom. The average Bonchev–Trinajstić information content (AvgIpc) is 2.46. The molecule has 134 valence electrons. The molecule has 1 aliphatic rings. The Hall–Kier alpha value is -0.110. The van der Waals surface area contributed by atoms with Crippen molar-refractivity contribution < 1.29 is 14.3 Å². The molecule has 0 radical (unpaired) electrons. The lowest BCUT2D eigenvalue weighted by atomic mass is 9.78. The van der Waals surface area contributed by atoms with Gasteiger partial charge in [-0.3, -0.25) is 4.79 Å². The summed E-state index contributed by atoms with van der Waals surface area (Å²) in [4.78, 5) is 14.6. The van der Waals surface area contributed by atoms with E-state index in [0.29, 0.717) is 19.8 Å². The third-order valence-corrected chi connectivity index (χ3v) is 3.92. The number of ether oxygens (including phenoxy) is 2. The van der Waals surface area contributed by atoms with Gasteiger partial charge >= 0.3 is 0 Å². The third kappa shape index (κ3) is 7.94. The Morgan fingerprint density at radius 1 is 1.18 bits per heavy atom. The second-order valence-corrected chi connectivity index (χ2v) is 5.52. The van der Waals surface area contributed by atoms with Gasteiger partial charge in [0.1, 0.15) is 0 Å². The van der Waals surface area contributed by atoms with Crippen LogP contribution in [0.5, 0.6) is 0 Å². The number of carbonyl (C=O) groups excluding carboxylic acids is 1. The maximum Gasteiger partial charge on any atom is 0.228 e. The Balaban J connectivity index is 0. The minimum atomic E-state index is -0.356. The van der Waals surface area contributed by atoms with E-state index < -0.39 is 0 Å². The molecule has 1 rings (SSSR count). The molecule has 0 spiro atoms. The number of halogens is 2. The zero-order chi connectivity index (χ0) is 14.8. The lowest BCUT2D eigenvalue weighted by Gasteiger charge is -2.35. The molecule has 2 N–H and O–H groups in total. The molecule has 6 nitrogen and oxygen atoms in total. The zero-order valence-corrected chi connectivity index (χ0v) is 15.5. The Bertz CT molecular complexity index is 285. The van der Waals surface area contributed by atoms with Gasteiger partial charge in [-0.1, -0.05) is 0 Å². The Labute approximate surface area is 146 Å². The van der Waals surface area contributed by atoms with Crippen LogP contribution in [0.25, 0.3) is 0 Å². The van der Waals surface area contributed by atoms with Gasteiger partial charge in [0, 0.05) is 33.9 Å². The van der Waals surface area contributed by atoms with Crippen molar-refractivity contribution in [2.75, 3.05) is 67.2 Å². The summed E-state index contributed by atoms with van der Waals surface area (Å²) in [6, 6.07) is 0. The van der Waals surface area contributed by atoms with Gasteiger partial charge in [0.15, 0.2) is 0 Å². The summed E-state index contributed by atoms with van der Waals surface area (Å²) in [6.07, 6.45) is 1.68. The first-order valence-corrected chi connectivity index (χ1v) is 7.30. The predicted molar refractivity (Wildman–Crippen MR) is 93.3 cm³/mol. The van der Waals surface area contributed by atoms with Crippen LogP contribution in [0.15, 0.2) is 0 Å². The zero-order valence-electron chi connectivity index (χ0n) is 13.9. The summed E-state index contributed by atoms with van der Waals surface area (Å²) in [7, 11) is 5.39. The summed E-state index contributed by atoms with van der Waals surface area (Å²) < 4.78 is 10.3. The minimum Gasteiger partial charge on any atom is -0.384 e. The fourth-order valence-electron chi connectivity index (χ4n) is 2.53. The first-order valence-electron chi connectivity index (χ1n) is 7.30. The number of carbonyl (C=O) groups is 1. The normalized spacial score (nSPS) is 16.5. The van der Waals surface area contributed by atoms with Gasteiger partial charge < -0.3 is 25.0 Å². The van der Waals surface area contributed by atoms with Crippen molar-refractivity contribution in [2.24, 2.45) is 5.41 Å². The number of methoxy groups -OCH3 is 2. The number of amides is 1. The maximum absolute atomic E-state index is 12.4. The van der Waals surface area contributed by atoms with Crippen LogP contribution in [0.4, 0.5) is 0 Å². The molecule has 1 aliphatic heterocycles. The molecular formula is C14H31Cl2N3O3. The first kappa shape index (κ1) is 24.1. The molecule has 1 fully saturated rings. The van der Waals surface area contributed by atoms with Crippen LogP contribution in [0.1, 0.15) is 12.8 Å². The molecule has 0 aliphatic carbocycles. The molecule has 0 atom stereocenters. The van der Waals surface area contributed by atoms with Gasteiger partial charge in [-0.15, -0.1) is 24.8 Å². The van der Waals surface area contributed by atoms with Crippen LogP contribution in [-0.2, 0) is 14.3 Å². The van der Waals surface area contributed by atoms with Crippen molar-refractivity contribution in [1.82, 2.24) is 15.5 Å². The number of nitrogens with one attached hydrogen (secondary N) is 2. The fraction of sp³-hybridized carbons (Fsp3) is 0.929. The molecule has 0 bridgehead atoms. The van der Waals surface area contributed by atoms with Gasteiger partial charge in [-0.2, -0.15) is 0 Å². The molecule has 0 unspecified atom stereocenters. The number of rotatable bonds is 9. The highest BCUT2D eigenvalue weighted by Gasteiger charge is 2.39. The lowest BCUT2D eigenvalue weighted by Crippen LogP contribution is -2.51. The van der Waals surface area contributed by atoms with Gasteiger partial charge in [0.25, 0.3) is 0 Å². The van der Waals surface area contributed by atoms with Crippen LogP contribution < -0.4 is 10.6 Å². The Morgan fingerprint density at radius 3 is 2.36 bits per heavy atom. The highest BCUT2D eigenvalue weighted by Crippen LogP contribution is 2.29. The van der Waals surface area contributed by atoms with Gasteiger partial charge in [-0.25, -0.2) is 0 Å². The number of likely N-dealkylation sites (N-methyl/N-ethyl adjacent to an activating group) is 1. The van der Waals surface area contributed by atoms with E-state index in [4.69, 9.17) is 9.47 Å². The molecule has 0 aromatic rings. The third-order valence-electron chi connectivity index (χ3n) is 3.92. The molecule has 22 heavy (non-hydrogen) atoms. The number of nitrogens with zero attached hydrogens (tertiary/aromatic N) is 1. The second kappa shape index (κ2) is 13.3. The van der Waals surface area contributed by atoms with E-state index >= 15 is 0 Å². The van der Waals surface area contributed by atoms with Gasteiger partial charge in [-0.05, 0) is 33.0 Å². The molecule has 1 heterocycles.